The minimum Gasteiger partial charge on any atom is -0.310 e. The lowest BCUT2D eigenvalue weighted by atomic mass is 10.5. The Morgan fingerprint density at radius 3 is 2.59 bits per heavy atom. The molecule has 3 N–H and O–H groups in total. The number of sulfonamides is 1. The van der Waals surface area contributed by atoms with Crippen molar-refractivity contribution in [3.05, 3.63) is 16.2 Å². The van der Waals surface area contributed by atoms with Gasteiger partial charge in [-0.15, -0.1) is 0 Å². The summed E-state index contributed by atoms with van der Waals surface area (Å²) in [5.41, 5.74) is 1.77. The predicted molar refractivity (Wildman–Crippen MR) is 64.3 cm³/mol. The number of hydrazine groups is 1. The fourth-order valence-electron chi connectivity index (χ4n) is 1.05. The summed E-state index contributed by atoms with van der Waals surface area (Å²) in [6, 6.07) is 1.00. The van der Waals surface area contributed by atoms with Crippen molar-refractivity contribution in [3.63, 3.8) is 0 Å². The monoisotopic (exact) mass is 280 g/mol. The van der Waals surface area contributed by atoms with Crippen LogP contribution in [0.3, 0.4) is 0 Å². The Morgan fingerprint density at radius 1 is 1.65 bits per heavy atom. The van der Waals surface area contributed by atoms with Gasteiger partial charge in [-0.1, -0.05) is 18.3 Å². The minimum atomic E-state index is -3.68. The lowest BCUT2D eigenvalue weighted by molar-refractivity contribution is -0.383. The number of rotatable bonds is 5. The highest BCUT2D eigenvalue weighted by molar-refractivity contribution is 7.91. The molecule has 0 amide bonds. The number of nitrogen functional groups attached to an aromatic ring is 1. The Labute approximate surface area is 102 Å². The molecule has 1 rings (SSSR count). The lowest BCUT2D eigenvalue weighted by Gasteiger charge is -2.12. The van der Waals surface area contributed by atoms with E-state index in [0.717, 1.165) is 21.7 Å². The number of thiophene rings is 1. The van der Waals surface area contributed by atoms with Crippen LogP contribution in [0.5, 0.6) is 0 Å². The summed E-state index contributed by atoms with van der Waals surface area (Å²) in [6.07, 6.45) is 0. The first kappa shape index (κ1) is 13.8. The zero-order valence-electron chi connectivity index (χ0n) is 9.21. The van der Waals surface area contributed by atoms with Gasteiger partial charge in [0.05, 0.1) is 4.92 Å². The van der Waals surface area contributed by atoms with Crippen molar-refractivity contribution >= 4 is 32.0 Å². The average molecular weight is 280 g/mol. The molecule has 0 spiro atoms. The molecule has 0 saturated carbocycles. The van der Waals surface area contributed by atoms with Crippen LogP contribution in [0.1, 0.15) is 6.92 Å². The Kier molecular flexibility index (Phi) is 4.03. The second-order valence-electron chi connectivity index (χ2n) is 3.10. The Balaban J connectivity index is 3.30. The van der Waals surface area contributed by atoms with Crippen molar-refractivity contribution < 1.29 is 13.3 Å². The minimum absolute atomic E-state index is 0.0121. The van der Waals surface area contributed by atoms with E-state index in [9.17, 15) is 18.5 Å². The SMILES string of the molecule is CCN(C)S(=O)(=O)c1cc([N+](=O)[O-])c(NN)s1. The van der Waals surface area contributed by atoms with Crippen LogP contribution in [0.4, 0.5) is 10.7 Å². The lowest BCUT2D eigenvalue weighted by Crippen LogP contribution is -2.25. The zero-order chi connectivity index (χ0) is 13.2. The first-order chi connectivity index (χ1) is 7.84. The predicted octanol–water partition coefficient (Wildman–Crippen LogP) is 0.582. The third-order valence-electron chi connectivity index (χ3n) is 2.13. The molecular formula is C7H12N4O4S2. The van der Waals surface area contributed by atoms with Crippen molar-refractivity contribution in [1.82, 2.24) is 4.31 Å². The summed E-state index contributed by atoms with van der Waals surface area (Å²) in [5, 5.41) is 10.7. The molecule has 0 aromatic carbocycles. The summed E-state index contributed by atoms with van der Waals surface area (Å²) in [6.45, 7) is 1.95. The van der Waals surface area contributed by atoms with E-state index in [1.54, 1.807) is 6.92 Å². The smallest absolute Gasteiger partial charge is 0.306 e. The highest BCUT2D eigenvalue weighted by Gasteiger charge is 2.28. The van der Waals surface area contributed by atoms with Crippen LogP contribution in [0.25, 0.3) is 0 Å². The molecule has 0 aliphatic rings. The standard InChI is InChI=1S/C7H12N4O4S2/c1-3-10(2)17(14,15)6-4-5(11(12)13)7(9-8)16-6/h4,9H,3,8H2,1-2H3. The van der Waals surface area contributed by atoms with Crippen LogP contribution in [0.2, 0.25) is 0 Å². The molecule has 1 heterocycles. The van der Waals surface area contributed by atoms with Crippen LogP contribution in [-0.2, 0) is 10.0 Å². The van der Waals surface area contributed by atoms with Gasteiger partial charge < -0.3 is 5.43 Å². The molecule has 10 heteroatoms. The van der Waals surface area contributed by atoms with E-state index in [0.29, 0.717) is 0 Å². The third kappa shape index (κ3) is 2.54. The van der Waals surface area contributed by atoms with Crippen molar-refractivity contribution in [2.45, 2.75) is 11.1 Å². The molecule has 0 radical (unpaired) electrons. The number of hydrogen-bond donors (Lipinski definition) is 2. The molecule has 0 unspecified atom stereocenters. The van der Waals surface area contributed by atoms with Gasteiger partial charge in [-0.25, -0.2) is 18.6 Å². The molecule has 1 aromatic rings. The van der Waals surface area contributed by atoms with Gasteiger partial charge in [0.15, 0.2) is 5.00 Å². The molecule has 17 heavy (non-hydrogen) atoms. The first-order valence-electron chi connectivity index (χ1n) is 4.55. The summed E-state index contributed by atoms with van der Waals surface area (Å²) >= 11 is 0.731. The van der Waals surface area contributed by atoms with E-state index in [2.05, 4.69) is 5.43 Å². The van der Waals surface area contributed by atoms with Gasteiger partial charge in [0.1, 0.15) is 4.21 Å². The van der Waals surface area contributed by atoms with Gasteiger partial charge in [-0.3, -0.25) is 10.1 Å². The molecule has 8 nitrogen and oxygen atoms in total. The summed E-state index contributed by atoms with van der Waals surface area (Å²) < 4.78 is 24.8. The molecule has 0 saturated heterocycles. The van der Waals surface area contributed by atoms with Crippen LogP contribution in [0, 0.1) is 10.1 Å². The molecule has 0 bridgehead atoms. The van der Waals surface area contributed by atoms with Crippen LogP contribution in [0.15, 0.2) is 10.3 Å². The normalized spacial score (nSPS) is 11.8. The average Bonchev–Trinajstić information content (AvgIpc) is 2.72. The number of hydrogen-bond acceptors (Lipinski definition) is 7. The molecule has 1 aromatic heterocycles. The van der Waals surface area contributed by atoms with Crippen molar-refractivity contribution in [1.29, 1.82) is 0 Å². The van der Waals surface area contributed by atoms with Gasteiger partial charge in [-0.2, -0.15) is 0 Å². The fourth-order valence-corrected chi connectivity index (χ4v) is 3.68. The Morgan fingerprint density at radius 2 is 2.24 bits per heavy atom. The topological polar surface area (TPSA) is 119 Å². The van der Waals surface area contributed by atoms with E-state index >= 15 is 0 Å². The van der Waals surface area contributed by atoms with E-state index in [1.165, 1.54) is 7.05 Å². The van der Waals surface area contributed by atoms with Crippen LogP contribution >= 0.6 is 11.3 Å². The van der Waals surface area contributed by atoms with E-state index in [4.69, 9.17) is 5.84 Å². The second kappa shape index (κ2) is 4.96. The van der Waals surface area contributed by atoms with E-state index < -0.39 is 14.9 Å². The number of nitrogens with one attached hydrogen (secondary N) is 1. The number of nitrogens with two attached hydrogens (primary N) is 1. The van der Waals surface area contributed by atoms with E-state index in [-0.39, 0.29) is 21.4 Å². The quantitative estimate of drug-likeness (QED) is 0.462. The van der Waals surface area contributed by atoms with Crippen molar-refractivity contribution in [2.24, 2.45) is 5.84 Å². The summed E-state index contributed by atoms with van der Waals surface area (Å²) in [4.78, 5) is 9.98. The Bertz CT molecular complexity index is 524. The first-order valence-corrected chi connectivity index (χ1v) is 6.81. The molecule has 0 fully saturated rings. The van der Waals surface area contributed by atoms with Gasteiger partial charge in [0, 0.05) is 19.7 Å². The van der Waals surface area contributed by atoms with Crippen LogP contribution < -0.4 is 11.3 Å². The number of nitrogens with zero attached hydrogens (tertiary/aromatic N) is 2. The number of anilines is 1. The molecule has 0 atom stereocenters. The zero-order valence-corrected chi connectivity index (χ0v) is 10.8. The largest absolute Gasteiger partial charge is 0.310 e. The molecular weight excluding hydrogens is 268 g/mol. The number of nitro groups is 1. The van der Waals surface area contributed by atoms with Crippen molar-refractivity contribution in [2.75, 3.05) is 19.0 Å². The van der Waals surface area contributed by atoms with Gasteiger partial charge >= 0.3 is 5.69 Å². The molecule has 96 valence electrons. The van der Waals surface area contributed by atoms with E-state index in [1.807, 2.05) is 0 Å². The molecule has 0 aliphatic heterocycles. The third-order valence-corrected chi connectivity index (χ3v) is 5.56. The van der Waals surface area contributed by atoms with Gasteiger partial charge in [0.2, 0.25) is 0 Å². The molecule has 0 aliphatic carbocycles. The van der Waals surface area contributed by atoms with Gasteiger partial charge in [-0.05, 0) is 0 Å². The maximum atomic E-state index is 11.9. The maximum Gasteiger partial charge on any atom is 0.306 e. The summed E-state index contributed by atoms with van der Waals surface area (Å²) in [5.74, 6) is 5.10. The summed E-state index contributed by atoms with van der Waals surface area (Å²) in [7, 11) is -2.28. The fraction of sp³-hybridized carbons (Fsp3) is 0.429. The van der Waals surface area contributed by atoms with Crippen molar-refractivity contribution in [3.8, 4) is 0 Å². The van der Waals surface area contributed by atoms with Crippen LogP contribution in [-0.4, -0.2) is 31.2 Å². The Hall–Kier alpha value is -1.23. The highest BCUT2D eigenvalue weighted by Crippen LogP contribution is 2.37. The highest BCUT2D eigenvalue weighted by atomic mass is 32.2. The maximum absolute atomic E-state index is 11.9. The van der Waals surface area contributed by atoms with Gasteiger partial charge in [0.25, 0.3) is 10.0 Å². The second-order valence-corrected chi connectivity index (χ2v) is 6.42.